The summed E-state index contributed by atoms with van der Waals surface area (Å²) in [4.78, 5) is 20.5. The van der Waals surface area contributed by atoms with Gasteiger partial charge in [0.05, 0.1) is 10.7 Å². The van der Waals surface area contributed by atoms with Crippen LogP contribution < -0.4 is 10.2 Å². The minimum atomic E-state index is -0.0945. The molecule has 0 atom stereocenters. The number of benzene rings is 1. The van der Waals surface area contributed by atoms with Gasteiger partial charge in [-0.05, 0) is 48.7 Å². The second-order valence-electron chi connectivity index (χ2n) is 6.21. The zero-order valence-electron chi connectivity index (χ0n) is 13.9. The molecule has 1 heterocycles. The Hall–Kier alpha value is -2.27. The fraction of sp³-hybridized carbons (Fsp3) is 0.333. The molecule has 0 saturated heterocycles. The topological polar surface area (TPSA) is 48.5 Å². The van der Waals surface area contributed by atoms with Gasteiger partial charge < -0.3 is 15.1 Å². The van der Waals surface area contributed by atoms with Crippen LogP contribution in [0.25, 0.3) is 0 Å². The normalized spacial score (nSPS) is 13.5. The molecule has 1 fully saturated rings. The number of rotatable bonds is 5. The molecule has 6 heteroatoms. The minimum Gasteiger partial charge on any atom is -0.376 e. The highest BCUT2D eigenvalue weighted by Crippen LogP contribution is 2.30. The molecule has 1 aliphatic rings. The Morgan fingerprint density at radius 3 is 2.54 bits per heavy atom. The molecule has 2 aromatic rings. The van der Waals surface area contributed by atoms with Gasteiger partial charge >= 0.3 is 6.03 Å². The number of carbonyl (C=O) groups excluding carboxylic acids is 1. The highest BCUT2D eigenvalue weighted by molar-refractivity contribution is 6.33. The van der Waals surface area contributed by atoms with Gasteiger partial charge in [0, 0.05) is 44.8 Å². The van der Waals surface area contributed by atoms with Crippen molar-refractivity contribution in [1.82, 2.24) is 9.88 Å². The van der Waals surface area contributed by atoms with E-state index in [9.17, 15) is 4.79 Å². The van der Waals surface area contributed by atoms with Crippen molar-refractivity contribution in [2.24, 2.45) is 0 Å². The summed E-state index contributed by atoms with van der Waals surface area (Å²) < 4.78 is 0. The maximum Gasteiger partial charge on any atom is 0.322 e. The fourth-order valence-electron chi connectivity index (χ4n) is 2.58. The van der Waals surface area contributed by atoms with Crippen molar-refractivity contribution in [2.75, 3.05) is 24.3 Å². The first kappa shape index (κ1) is 16.6. The molecule has 1 N–H and O–H groups in total. The first-order valence-electron chi connectivity index (χ1n) is 7.98. The summed E-state index contributed by atoms with van der Waals surface area (Å²) in [7, 11) is 3.87. The molecule has 1 aliphatic carbocycles. The lowest BCUT2D eigenvalue weighted by atomic mass is 10.2. The highest BCUT2D eigenvalue weighted by atomic mass is 35.5. The van der Waals surface area contributed by atoms with E-state index >= 15 is 0 Å². The molecule has 0 bridgehead atoms. The minimum absolute atomic E-state index is 0.0945. The van der Waals surface area contributed by atoms with E-state index in [0.29, 0.717) is 23.3 Å². The van der Waals surface area contributed by atoms with E-state index in [1.54, 1.807) is 18.5 Å². The predicted octanol–water partition coefficient (Wildman–Crippen LogP) is 4.00. The average molecular weight is 345 g/mol. The maximum atomic E-state index is 12.7. The van der Waals surface area contributed by atoms with Crippen LogP contribution in [0, 0.1) is 0 Å². The number of anilines is 2. The fourth-order valence-corrected chi connectivity index (χ4v) is 2.93. The summed E-state index contributed by atoms with van der Waals surface area (Å²) in [6.45, 7) is 0.586. The molecule has 5 nitrogen and oxygen atoms in total. The number of nitrogens with zero attached hydrogens (tertiary/aromatic N) is 3. The number of carbonyl (C=O) groups is 1. The zero-order valence-corrected chi connectivity index (χ0v) is 14.6. The van der Waals surface area contributed by atoms with Gasteiger partial charge in [-0.25, -0.2) is 4.79 Å². The van der Waals surface area contributed by atoms with Crippen molar-refractivity contribution >= 4 is 29.0 Å². The molecule has 0 radical (unpaired) electrons. The zero-order chi connectivity index (χ0) is 17.1. The lowest BCUT2D eigenvalue weighted by Gasteiger charge is -2.23. The molecule has 3 rings (SSSR count). The Balaban J connectivity index is 1.71. The molecule has 1 saturated carbocycles. The van der Waals surface area contributed by atoms with Crippen molar-refractivity contribution in [1.29, 1.82) is 0 Å². The number of halogens is 1. The Morgan fingerprint density at radius 2 is 1.96 bits per heavy atom. The summed E-state index contributed by atoms with van der Waals surface area (Å²) in [5.74, 6) is 0. The van der Waals surface area contributed by atoms with Gasteiger partial charge in [-0.2, -0.15) is 0 Å². The molecule has 0 unspecified atom stereocenters. The monoisotopic (exact) mass is 344 g/mol. The van der Waals surface area contributed by atoms with E-state index in [0.717, 1.165) is 24.1 Å². The van der Waals surface area contributed by atoms with Crippen LogP contribution in [0.15, 0.2) is 42.7 Å². The van der Waals surface area contributed by atoms with Crippen molar-refractivity contribution < 1.29 is 4.79 Å². The summed E-state index contributed by atoms with van der Waals surface area (Å²) in [5, 5.41) is 3.57. The number of nitrogens with one attached hydrogen (secondary N) is 1. The van der Waals surface area contributed by atoms with Gasteiger partial charge in [-0.1, -0.05) is 11.6 Å². The van der Waals surface area contributed by atoms with Crippen molar-refractivity contribution in [2.45, 2.75) is 25.4 Å². The Kier molecular flexibility index (Phi) is 4.90. The van der Waals surface area contributed by atoms with Gasteiger partial charge in [0.2, 0.25) is 0 Å². The van der Waals surface area contributed by atoms with E-state index < -0.39 is 0 Å². The second-order valence-corrected chi connectivity index (χ2v) is 6.61. The van der Waals surface area contributed by atoms with Crippen LogP contribution in [0.1, 0.15) is 18.4 Å². The highest BCUT2D eigenvalue weighted by Gasteiger charge is 2.32. The third-order valence-corrected chi connectivity index (χ3v) is 4.33. The van der Waals surface area contributed by atoms with Crippen molar-refractivity contribution in [3.63, 3.8) is 0 Å². The number of amides is 2. The van der Waals surface area contributed by atoms with Gasteiger partial charge in [0.25, 0.3) is 0 Å². The van der Waals surface area contributed by atoms with Crippen LogP contribution in [-0.4, -0.2) is 36.1 Å². The standard InChI is InChI=1S/C18H21ClN4O/c1-22(2)17-6-3-14(11-16(17)19)21-18(24)23(15-4-5-15)12-13-7-9-20-10-8-13/h3,6-11,15H,4-5,12H2,1-2H3,(H,21,24). The van der Waals surface area contributed by atoms with E-state index in [1.165, 1.54) is 0 Å². The molecule has 1 aromatic carbocycles. The van der Waals surface area contributed by atoms with Gasteiger partial charge in [0.1, 0.15) is 0 Å². The van der Waals surface area contributed by atoms with Gasteiger partial charge in [-0.15, -0.1) is 0 Å². The second kappa shape index (κ2) is 7.09. The largest absolute Gasteiger partial charge is 0.376 e. The van der Waals surface area contributed by atoms with Crippen LogP contribution in [0.4, 0.5) is 16.2 Å². The number of urea groups is 1. The molecule has 24 heavy (non-hydrogen) atoms. The van der Waals surface area contributed by atoms with Gasteiger partial charge in [0.15, 0.2) is 0 Å². The van der Waals surface area contributed by atoms with Crippen LogP contribution in [0.2, 0.25) is 5.02 Å². The third kappa shape index (κ3) is 3.97. The van der Waals surface area contributed by atoms with Crippen LogP contribution in [0.3, 0.4) is 0 Å². The maximum absolute atomic E-state index is 12.7. The molecule has 0 spiro atoms. The molecular weight excluding hydrogens is 324 g/mol. The van der Waals surface area contributed by atoms with E-state index in [1.807, 2.05) is 48.2 Å². The van der Waals surface area contributed by atoms with E-state index in [4.69, 9.17) is 11.6 Å². The molecule has 1 aromatic heterocycles. The first-order valence-corrected chi connectivity index (χ1v) is 8.36. The summed E-state index contributed by atoms with van der Waals surface area (Å²) >= 11 is 6.28. The van der Waals surface area contributed by atoms with Crippen LogP contribution >= 0.6 is 11.6 Å². The van der Waals surface area contributed by atoms with Crippen LogP contribution in [-0.2, 0) is 6.54 Å². The third-order valence-electron chi connectivity index (χ3n) is 4.03. The Morgan fingerprint density at radius 1 is 1.25 bits per heavy atom. The molecule has 126 valence electrons. The summed E-state index contributed by atoms with van der Waals surface area (Å²) in [6.07, 6.45) is 5.60. The quantitative estimate of drug-likeness (QED) is 0.891. The predicted molar refractivity (Wildman–Crippen MR) is 97.6 cm³/mol. The lowest BCUT2D eigenvalue weighted by molar-refractivity contribution is 0.206. The molecule has 2 amide bonds. The molecule has 0 aliphatic heterocycles. The van der Waals surface area contributed by atoms with Crippen molar-refractivity contribution in [3.05, 3.63) is 53.3 Å². The summed E-state index contributed by atoms with van der Waals surface area (Å²) in [6, 6.07) is 9.65. The number of pyridine rings is 1. The lowest BCUT2D eigenvalue weighted by Crippen LogP contribution is -2.36. The van der Waals surface area contributed by atoms with Gasteiger partial charge in [-0.3, -0.25) is 4.98 Å². The number of hydrogen-bond donors (Lipinski definition) is 1. The SMILES string of the molecule is CN(C)c1ccc(NC(=O)N(Cc2ccncc2)C2CC2)cc1Cl. The van der Waals surface area contributed by atoms with E-state index in [-0.39, 0.29) is 6.03 Å². The van der Waals surface area contributed by atoms with E-state index in [2.05, 4.69) is 10.3 Å². The number of aromatic nitrogens is 1. The first-order chi connectivity index (χ1) is 11.5. The average Bonchev–Trinajstić information content (AvgIpc) is 3.38. The van der Waals surface area contributed by atoms with Crippen LogP contribution in [0.5, 0.6) is 0 Å². The summed E-state index contributed by atoms with van der Waals surface area (Å²) in [5.41, 5.74) is 2.70. The molecular formula is C18H21ClN4O. The van der Waals surface area contributed by atoms with Crippen molar-refractivity contribution in [3.8, 4) is 0 Å². The Bertz CT molecular complexity index is 716. The smallest absolute Gasteiger partial charge is 0.322 e. The number of hydrogen-bond acceptors (Lipinski definition) is 3. The Labute approximate surface area is 147 Å².